The third-order valence-corrected chi connectivity index (χ3v) is 6.16. The van der Waals surface area contributed by atoms with Crippen LogP contribution >= 0.6 is 0 Å². The third-order valence-electron chi connectivity index (χ3n) is 6.16. The van der Waals surface area contributed by atoms with E-state index in [0.29, 0.717) is 17.0 Å². The quantitative estimate of drug-likeness (QED) is 0.367. The summed E-state index contributed by atoms with van der Waals surface area (Å²) in [7, 11) is 0. The van der Waals surface area contributed by atoms with Gasteiger partial charge < -0.3 is 5.32 Å². The zero-order valence-electron chi connectivity index (χ0n) is 18.7. The predicted molar refractivity (Wildman–Crippen MR) is 125 cm³/mol. The first-order valence-corrected chi connectivity index (χ1v) is 11.1. The van der Waals surface area contributed by atoms with Crippen molar-refractivity contribution >= 4 is 11.7 Å². The number of hydrogen-bond acceptors (Lipinski definition) is 4. The zero-order chi connectivity index (χ0) is 22.9. The van der Waals surface area contributed by atoms with Gasteiger partial charge in [-0.1, -0.05) is 36.4 Å². The number of aryl methyl sites for hydroxylation is 1. The van der Waals surface area contributed by atoms with E-state index in [-0.39, 0.29) is 6.54 Å². The maximum atomic E-state index is 13.0. The normalized spacial score (nSPS) is 12.5. The standard InChI is InChI=1S/C26H25N5O2/c1-17-24(18(2)30(28-17)19-10-5-3-6-11-19)25(32)26(33)27-16-22-21-14-9-15-23(21)31(29-22)20-12-7-4-8-13-20/h3-8,10-13H,9,14-16H2,1-2H3,(H,27,33). The number of rotatable bonds is 6. The van der Waals surface area contributed by atoms with Crippen LogP contribution in [0.3, 0.4) is 0 Å². The van der Waals surface area contributed by atoms with Crippen LogP contribution in [0, 0.1) is 13.8 Å². The molecule has 0 aliphatic heterocycles. The molecule has 0 saturated carbocycles. The van der Waals surface area contributed by atoms with Gasteiger partial charge in [-0.05, 0) is 62.9 Å². The van der Waals surface area contributed by atoms with Crippen molar-refractivity contribution < 1.29 is 9.59 Å². The molecule has 166 valence electrons. The molecule has 0 fully saturated rings. The number of carbonyl (C=O) groups is 2. The molecule has 0 spiro atoms. The number of hydrogen-bond donors (Lipinski definition) is 1. The Morgan fingerprint density at radius 2 is 1.52 bits per heavy atom. The molecule has 1 amide bonds. The van der Waals surface area contributed by atoms with Crippen LogP contribution in [0.1, 0.15) is 45.1 Å². The lowest BCUT2D eigenvalue weighted by Gasteiger charge is -2.06. The molecular formula is C26H25N5O2. The highest BCUT2D eigenvalue weighted by atomic mass is 16.2. The summed E-state index contributed by atoms with van der Waals surface area (Å²) >= 11 is 0. The maximum Gasteiger partial charge on any atom is 0.292 e. The highest BCUT2D eigenvalue weighted by Gasteiger charge is 2.27. The number of benzene rings is 2. The van der Waals surface area contributed by atoms with E-state index in [1.165, 1.54) is 11.3 Å². The zero-order valence-corrected chi connectivity index (χ0v) is 18.7. The first kappa shape index (κ1) is 20.9. The number of Topliss-reactive ketones (excluding diaryl/α,β-unsaturated/α-hetero) is 1. The van der Waals surface area contributed by atoms with Crippen molar-refractivity contribution in [3.05, 3.63) is 94.6 Å². The van der Waals surface area contributed by atoms with Gasteiger partial charge in [0.1, 0.15) is 0 Å². The number of fused-ring (bicyclic) bond motifs is 1. The molecule has 0 bridgehead atoms. The monoisotopic (exact) mass is 439 g/mol. The van der Waals surface area contributed by atoms with E-state index >= 15 is 0 Å². The van der Waals surface area contributed by atoms with Crippen LogP contribution in [-0.2, 0) is 24.2 Å². The van der Waals surface area contributed by atoms with Crippen LogP contribution in [0.2, 0.25) is 0 Å². The first-order chi connectivity index (χ1) is 16.0. The van der Waals surface area contributed by atoms with Gasteiger partial charge in [0.05, 0.1) is 40.6 Å². The predicted octanol–water partition coefficient (Wildman–Crippen LogP) is 3.66. The summed E-state index contributed by atoms with van der Waals surface area (Å²) in [5.74, 6) is -1.22. The van der Waals surface area contributed by atoms with Crippen molar-refractivity contribution in [3.63, 3.8) is 0 Å². The van der Waals surface area contributed by atoms with E-state index in [9.17, 15) is 9.59 Å². The van der Waals surface area contributed by atoms with E-state index in [1.54, 1.807) is 11.6 Å². The van der Waals surface area contributed by atoms with Gasteiger partial charge in [0.15, 0.2) is 0 Å². The van der Waals surface area contributed by atoms with Crippen LogP contribution in [-0.4, -0.2) is 31.3 Å². The Hall–Kier alpha value is -4.00. The minimum atomic E-state index is -0.644. The molecule has 1 aliphatic rings. The lowest BCUT2D eigenvalue weighted by molar-refractivity contribution is -0.117. The van der Waals surface area contributed by atoms with Crippen molar-refractivity contribution in [1.82, 2.24) is 24.9 Å². The van der Waals surface area contributed by atoms with Gasteiger partial charge in [0, 0.05) is 5.69 Å². The number of carbonyl (C=O) groups excluding carboxylic acids is 2. The fourth-order valence-electron chi connectivity index (χ4n) is 4.59. The molecule has 2 aromatic carbocycles. The molecule has 7 nitrogen and oxygen atoms in total. The number of para-hydroxylation sites is 2. The highest BCUT2D eigenvalue weighted by Crippen LogP contribution is 2.28. The van der Waals surface area contributed by atoms with Crippen LogP contribution in [0.25, 0.3) is 11.4 Å². The van der Waals surface area contributed by atoms with Gasteiger partial charge in [0.25, 0.3) is 11.7 Å². The number of nitrogens with zero attached hydrogens (tertiary/aromatic N) is 4. The molecule has 2 aromatic heterocycles. The molecule has 1 aliphatic carbocycles. The minimum Gasteiger partial charge on any atom is -0.343 e. The van der Waals surface area contributed by atoms with E-state index in [0.717, 1.165) is 36.3 Å². The topological polar surface area (TPSA) is 81.8 Å². The lowest BCUT2D eigenvalue weighted by Crippen LogP contribution is -2.31. The van der Waals surface area contributed by atoms with Crippen molar-refractivity contribution in [2.75, 3.05) is 0 Å². The third kappa shape index (κ3) is 3.75. The van der Waals surface area contributed by atoms with Gasteiger partial charge in [-0.2, -0.15) is 10.2 Å². The molecular weight excluding hydrogens is 414 g/mol. The molecule has 5 rings (SSSR count). The van der Waals surface area contributed by atoms with Gasteiger partial charge in [-0.25, -0.2) is 9.36 Å². The Morgan fingerprint density at radius 1 is 0.879 bits per heavy atom. The number of nitrogens with one attached hydrogen (secondary N) is 1. The molecule has 0 atom stereocenters. The van der Waals surface area contributed by atoms with Crippen molar-refractivity contribution in [1.29, 1.82) is 0 Å². The molecule has 33 heavy (non-hydrogen) atoms. The summed E-state index contributed by atoms with van der Waals surface area (Å²) in [4.78, 5) is 25.8. The smallest absolute Gasteiger partial charge is 0.292 e. The fourth-order valence-corrected chi connectivity index (χ4v) is 4.59. The average Bonchev–Trinajstić information content (AvgIpc) is 3.53. The van der Waals surface area contributed by atoms with E-state index in [4.69, 9.17) is 5.10 Å². The average molecular weight is 440 g/mol. The summed E-state index contributed by atoms with van der Waals surface area (Å²) in [6, 6.07) is 19.6. The summed E-state index contributed by atoms with van der Waals surface area (Å²) in [6.07, 6.45) is 2.96. The fraction of sp³-hybridized carbons (Fsp3) is 0.231. The van der Waals surface area contributed by atoms with Crippen LogP contribution < -0.4 is 5.32 Å². The van der Waals surface area contributed by atoms with Gasteiger partial charge >= 0.3 is 0 Å². The van der Waals surface area contributed by atoms with Crippen molar-refractivity contribution in [2.24, 2.45) is 0 Å². The number of amides is 1. The Morgan fingerprint density at radius 3 is 2.18 bits per heavy atom. The molecule has 0 unspecified atom stereocenters. The summed E-state index contributed by atoms with van der Waals surface area (Å²) < 4.78 is 3.66. The van der Waals surface area contributed by atoms with Crippen LogP contribution in [0.15, 0.2) is 60.7 Å². The SMILES string of the molecule is Cc1nn(-c2ccccc2)c(C)c1C(=O)C(=O)NCc1nn(-c2ccccc2)c2c1CCC2. The van der Waals surface area contributed by atoms with E-state index in [1.807, 2.05) is 72.3 Å². The van der Waals surface area contributed by atoms with Gasteiger partial charge in [-0.15, -0.1) is 0 Å². The summed E-state index contributed by atoms with van der Waals surface area (Å²) in [5, 5.41) is 12.0. The van der Waals surface area contributed by atoms with Gasteiger partial charge in [0.2, 0.25) is 0 Å². The van der Waals surface area contributed by atoms with Gasteiger partial charge in [-0.3, -0.25) is 9.59 Å². The lowest BCUT2D eigenvalue weighted by atomic mass is 10.1. The Kier molecular flexibility index (Phi) is 5.38. The molecule has 2 heterocycles. The summed E-state index contributed by atoms with van der Waals surface area (Å²) in [6.45, 7) is 3.78. The second kappa shape index (κ2) is 8.50. The van der Waals surface area contributed by atoms with Crippen LogP contribution in [0.4, 0.5) is 0 Å². The Labute approximate surface area is 192 Å². The largest absolute Gasteiger partial charge is 0.343 e. The molecule has 4 aromatic rings. The van der Waals surface area contributed by atoms with Crippen molar-refractivity contribution in [3.8, 4) is 11.4 Å². The minimum absolute atomic E-state index is 0.220. The van der Waals surface area contributed by atoms with Crippen molar-refractivity contribution in [2.45, 2.75) is 39.7 Å². The number of aromatic nitrogens is 4. The second-order valence-electron chi connectivity index (χ2n) is 8.28. The first-order valence-electron chi connectivity index (χ1n) is 11.1. The second-order valence-corrected chi connectivity index (χ2v) is 8.28. The molecule has 0 radical (unpaired) electrons. The Balaban J connectivity index is 1.36. The Bertz CT molecular complexity index is 1340. The molecule has 1 N–H and O–H groups in total. The molecule has 0 saturated heterocycles. The maximum absolute atomic E-state index is 13.0. The van der Waals surface area contributed by atoms with Crippen LogP contribution in [0.5, 0.6) is 0 Å². The van der Waals surface area contributed by atoms with E-state index in [2.05, 4.69) is 10.4 Å². The molecule has 7 heteroatoms. The van der Waals surface area contributed by atoms with E-state index < -0.39 is 11.7 Å². The summed E-state index contributed by atoms with van der Waals surface area (Å²) in [5.41, 5.74) is 6.56. The highest BCUT2D eigenvalue weighted by molar-refractivity contribution is 6.43. The number of ketones is 1.